The second-order valence-electron chi connectivity index (χ2n) is 6.69. The molecule has 9 heteroatoms. The molecule has 2 aliphatic heterocycles. The zero-order chi connectivity index (χ0) is 17.9. The quantitative estimate of drug-likeness (QED) is 0.854. The van der Waals surface area contributed by atoms with Crippen LogP contribution < -0.4 is 10.6 Å². The lowest BCUT2D eigenvalue weighted by molar-refractivity contribution is -0.141. The van der Waals surface area contributed by atoms with Crippen LogP contribution in [0.15, 0.2) is 12.1 Å². The van der Waals surface area contributed by atoms with Gasteiger partial charge in [0.05, 0.1) is 0 Å². The molecule has 2 N–H and O–H groups in total. The largest absolute Gasteiger partial charge is 0.435 e. The molecule has 0 aliphatic carbocycles. The number of aromatic nitrogens is 2. The van der Waals surface area contributed by atoms with Crippen LogP contribution in [-0.2, 0) is 6.18 Å². The van der Waals surface area contributed by atoms with Gasteiger partial charge in [0.15, 0.2) is 11.5 Å². The summed E-state index contributed by atoms with van der Waals surface area (Å²) < 4.78 is 37.5. The highest BCUT2D eigenvalue weighted by Crippen LogP contribution is 2.29. The number of carbonyl (C=O) groups is 1. The van der Waals surface area contributed by atoms with Crippen molar-refractivity contribution in [1.29, 1.82) is 0 Å². The molecular formula is C16H22F3N5O. The zero-order valence-electron chi connectivity index (χ0n) is 13.9. The van der Waals surface area contributed by atoms with E-state index in [1.807, 2.05) is 0 Å². The number of piperidine rings is 2. The summed E-state index contributed by atoms with van der Waals surface area (Å²) in [5.41, 5.74) is -1.08. The lowest BCUT2D eigenvalue weighted by Crippen LogP contribution is -2.46. The fourth-order valence-corrected chi connectivity index (χ4v) is 3.60. The van der Waals surface area contributed by atoms with Gasteiger partial charge < -0.3 is 10.2 Å². The van der Waals surface area contributed by atoms with Gasteiger partial charge in [0.2, 0.25) is 0 Å². The minimum Gasteiger partial charge on any atom is -0.324 e. The summed E-state index contributed by atoms with van der Waals surface area (Å²) in [5.74, 6) is 1.07. The van der Waals surface area contributed by atoms with E-state index in [9.17, 15) is 18.0 Å². The predicted octanol–water partition coefficient (Wildman–Crippen LogP) is 2.74. The normalized spacial score (nSPS) is 24.8. The molecule has 138 valence electrons. The van der Waals surface area contributed by atoms with E-state index in [1.54, 1.807) is 4.90 Å². The number of alkyl halides is 3. The minimum absolute atomic E-state index is 0.0273. The molecule has 2 aliphatic rings. The van der Waals surface area contributed by atoms with Crippen molar-refractivity contribution in [1.82, 2.24) is 20.4 Å². The SMILES string of the molecule is O=C(Nc1ccc(C(F)(F)F)nn1)N1CCCC(C2CCCNC2)C1. The molecule has 2 saturated heterocycles. The predicted molar refractivity (Wildman–Crippen MR) is 85.9 cm³/mol. The fourth-order valence-electron chi connectivity index (χ4n) is 3.60. The first-order valence-corrected chi connectivity index (χ1v) is 8.61. The zero-order valence-corrected chi connectivity index (χ0v) is 13.9. The van der Waals surface area contributed by atoms with Crippen LogP contribution in [0.5, 0.6) is 0 Å². The Kier molecular flexibility index (Phi) is 5.41. The number of nitrogens with zero attached hydrogens (tertiary/aromatic N) is 3. The van der Waals surface area contributed by atoms with Crippen molar-refractivity contribution in [3.05, 3.63) is 17.8 Å². The van der Waals surface area contributed by atoms with Gasteiger partial charge in [-0.25, -0.2) is 4.79 Å². The Hall–Kier alpha value is -1.90. The number of rotatable bonds is 2. The molecule has 0 saturated carbocycles. The van der Waals surface area contributed by atoms with Crippen molar-refractivity contribution in [2.75, 3.05) is 31.5 Å². The number of anilines is 1. The number of amides is 2. The molecule has 25 heavy (non-hydrogen) atoms. The number of urea groups is 1. The molecule has 6 nitrogen and oxygen atoms in total. The second kappa shape index (κ2) is 7.55. The highest BCUT2D eigenvalue weighted by Gasteiger charge is 2.33. The van der Waals surface area contributed by atoms with Crippen molar-refractivity contribution in [3.8, 4) is 0 Å². The van der Waals surface area contributed by atoms with Crippen molar-refractivity contribution in [2.45, 2.75) is 31.9 Å². The topological polar surface area (TPSA) is 70.2 Å². The number of nitrogens with one attached hydrogen (secondary N) is 2. The van der Waals surface area contributed by atoms with E-state index in [-0.39, 0.29) is 11.8 Å². The third kappa shape index (κ3) is 4.59. The smallest absolute Gasteiger partial charge is 0.324 e. The van der Waals surface area contributed by atoms with E-state index >= 15 is 0 Å². The van der Waals surface area contributed by atoms with Crippen LogP contribution >= 0.6 is 0 Å². The van der Waals surface area contributed by atoms with Crippen LogP contribution in [0.3, 0.4) is 0 Å². The molecule has 0 spiro atoms. The molecule has 0 aromatic carbocycles. The molecule has 0 bridgehead atoms. The van der Waals surface area contributed by atoms with Gasteiger partial charge in [-0.05, 0) is 62.7 Å². The highest BCUT2D eigenvalue weighted by atomic mass is 19.4. The molecule has 2 amide bonds. The van der Waals surface area contributed by atoms with Gasteiger partial charge in [0.1, 0.15) is 0 Å². The van der Waals surface area contributed by atoms with E-state index < -0.39 is 11.9 Å². The Morgan fingerprint density at radius 2 is 2.00 bits per heavy atom. The van der Waals surface area contributed by atoms with Gasteiger partial charge in [-0.3, -0.25) is 5.32 Å². The Morgan fingerprint density at radius 1 is 1.20 bits per heavy atom. The Balaban J connectivity index is 1.57. The maximum atomic E-state index is 12.5. The summed E-state index contributed by atoms with van der Waals surface area (Å²) in [6, 6.07) is 1.61. The summed E-state index contributed by atoms with van der Waals surface area (Å²) >= 11 is 0. The number of likely N-dealkylation sites (tertiary alicyclic amines) is 1. The number of carbonyl (C=O) groups excluding carboxylic acids is 1. The van der Waals surface area contributed by atoms with Crippen LogP contribution in [-0.4, -0.2) is 47.3 Å². The summed E-state index contributed by atoms with van der Waals surface area (Å²) in [5, 5.41) is 12.5. The maximum Gasteiger partial charge on any atom is 0.435 e. The van der Waals surface area contributed by atoms with E-state index in [4.69, 9.17) is 0 Å². The Labute approximate surface area is 144 Å². The van der Waals surface area contributed by atoms with E-state index in [2.05, 4.69) is 20.8 Å². The third-order valence-electron chi connectivity index (χ3n) is 4.94. The molecule has 3 rings (SSSR count). The highest BCUT2D eigenvalue weighted by molar-refractivity contribution is 5.88. The first kappa shape index (κ1) is 17.9. The second-order valence-corrected chi connectivity index (χ2v) is 6.69. The van der Waals surface area contributed by atoms with Gasteiger partial charge in [0, 0.05) is 13.1 Å². The summed E-state index contributed by atoms with van der Waals surface area (Å²) in [6.07, 6.45) is -0.154. The summed E-state index contributed by atoms with van der Waals surface area (Å²) in [4.78, 5) is 14.1. The maximum absolute atomic E-state index is 12.5. The van der Waals surface area contributed by atoms with Crippen molar-refractivity contribution < 1.29 is 18.0 Å². The number of halogens is 3. The minimum atomic E-state index is -4.54. The molecule has 2 fully saturated rings. The van der Waals surface area contributed by atoms with Gasteiger partial charge in [-0.1, -0.05) is 0 Å². The monoisotopic (exact) mass is 357 g/mol. The van der Waals surface area contributed by atoms with E-state index in [0.717, 1.165) is 44.5 Å². The molecule has 2 unspecified atom stereocenters. The van der Waals surface area contributed by atoms with E-state index in [0.29, 0.717) is 24.9 Å². The molecule has 3 heterocycles. The summed E-state index contributed by atoms with van der Waals surface area (Å²) in [7, 11) is 0. The Morgan fingerprint density at radius 3 is 2.64 bits per heavy atom. The van der Waals surface area contributed by atoms with Crippen LogP contribution in [0.2, 0.25) is 0 Å². The van der Waals surface area contributed by atoms with Crippen molar-refractivity contribution in [3.63, 3.8) is 0 Å². The molecule has 1 aromatic heterocycles. The third-order valence-corrected chi connectivity index (χ3v) is 4.94. The lowest BCUT2D eigenvalue weighted by atomic mass is 9.81. The number of hydrogen-bond donors (Lipinski definition) is 2. The molecule has 2 atom stereocenters. The van der Waals surface area contributed by atoms with Gasteiger partial charge in [0.25, 0.3) is 0 Å². The van der Waals surface area contributed by atoms with Crippen LogP contribution in [0.25, 0.3) is 0 Å². The van der Waals surface area contributed by atoms with Crippen molar-refractivity contribution in [2.24, 2.45) is 11.8 Å². The lowest BCUT2D eigenvalue weighted by Gasteiger charge is -2.38. The first-order valence-electron chi connectivity index (χ1n) is 8.61. The number of hydrogen-bond acceptors (Lipinski definition) is 4. The molecule has 0 radical (unpaired) electrons. The fraction of sp³-hybridized carbons (Fsp3) is 0.688. The van der Waals surface area contributed by atoms with Gasteiger partial charge in [-0.2, -0.15) is 13.2 Å². The van der Waals surface area contributed by atoms with Crippen LogP contribution in [0, 0.1) is 11.8 Å². The Bertz CT molecular complexity index is 586. The standard InChI is InChI=1S/C16H22F3N5O/c17-16(18,19)13-5-6-14(23-22-13)21-15(25)24-8-2-4-12(10-24)11-3-1-7-20-9-11/h5-6,11-12,20H,1-4,7-10H2,(H,21,23,25). The van der Waals surface area contributed by atoms with Crippen LogP contribution in [0.1, 0.15) is 31.4 Å². The average Bonchev–Trinajstić information content (AvgIpc) is 2.62. The first-order chi connectivity index (χ1) is 11.9. The van der Waals surface area contributed by atoms with Gasteiger partial charge >= 0.3 is 12.2 Å². The molecular weight excluding hydrogens is 335 g/mol. The van der Waals surface area contributed by atoms with Crippen molar-refractivity contribution >= 4 is 11.8 Å². The molecule has 1 aromatic rings. The average molecular weight is 357 g/mol. The van der Waals surface area contributed by atoms with E-state index in [1.165, 1.54) is 6.42 Å². The summed E-state index contributed by atoms with van der Waals surface area (Å²) in [6.45, 7) is 3.37. The van der Waals surface area contributed by atoms with Gasteiger partial charge in [-0.15, -0.1) is 10.2 Å². The van der Waals surface area contributed by atoms with Crippen LogP contribution in [0.4, 0.5) is 23.8 Å².